The minimum atomic E-state index is -0.604. The van der Waals surface area contributed by atoms with Gasteiger partial charge in [-0.2, -0.15) is 0 Å². The lowest BCUT2D eigenvalue weighted by Gasteiger charge is -2.39. The molecule has 1 spiro atoms. The van der Waals surface area contributed by atoms with Crippen molar-refractivity contribution in [3.05, 3.63) is 93.8 Å². The molecular weight excluding hydrogens is 475 g/mol. The van der Waals surface area contributed by atoms with Crippen LogP contribution in [0, 0.1) is 18.7 Å². The summed E-state index contributed by atoms with van der Waals surface area (Å²) in [5, 5.41) is 0.672. The Labute approximate surface area is 216 Å². The minimum absolute atomic E-state index is 0.164. The van der Waals surface area contributed by atoms with Crippen LogP contribution in [0.15, 0.2) is 65.7 Å². The SMILES string of the molecule is CCC(C)C(=Nc1ccc(Cl)cc1C)c1ccc(N2CCC3(CC2)OC(=O)c2ccccc23)c(F)c1. The van der Waals surface area contributed by atoms with Crippen LogP contribution < -0.4 is 4.90 Å². The Morgan fingerprint density at radius 3 is 2.58 bits per heavy atom. The van der Waals surface area contributed by atoms with E-state index in [1.807, 2.05) is 66.4 Å². The fraction of sp³-hybridized carbons (Fsp3) is 0.333. The van der Waals surface area contributed by atoms with Crippen LogP contribution in [0.1, 0.15) is 60.2 Å². The van der Waals surface area contributed by atoms with Gasteiger partial charge in [0.05, 0.1) is 22.6 Å². The molecule has 0 saturated carbocycles. The summed E-state index contributed by atoms with van der Waals surface area (Å²) in [5.74, 6) is -0.365. The number of anilines is 1. The summed E-state index contributed by atoms with van der Waals surface area (Å²) in [7, 11) is 0. The van der Waals surface area contributed by atoms with E-state index in [2.05, 4.69) is 13.8 Å². The van der Waals surface area contributed by atoms with Crippen LogP contribution in [0.2, 0.25) is 5.02 Å². The number of carbonyl (C=O) groups is 1. The van der Waals surface area contributed by atoms with Crippen molar-refractivity contribution in [2.24, 2.45) is 10.9 Å². The van der Waals surface area contributed by atoms with Crippen LogP contribution in [0.5, 0.6) is 0 Å². The summed E-state index contributed by atoms with van der Waals surface area (Å²) in [6.07, 6.45) is 2.15. The Bertz CT molecular complexity index is 1340. The van der Waals surface area contributed by atoms with E-state index in [4.69, 9.17) is 21.3 Å². The van der Waals surface area contributed by atoms with Crippen molar-refractivity contribution >= 4 is 34.7 Å². The largest absolute Gasteiger partial charge is 0.450 e. The maximum atomic E-state index is 15.5. The molecule has 0 amide bonds. The lowest BCUT2D eigenvalue weighted by atomic mass is 9.83. The van der Waals surface area contributed by atoms with Crippen LogP contribution in [-0.4, -0.2) is 24.8 Å². The number of halogens is 2. The molecule has 186 valence electrons. The van der Waals surface area contributed by atoms with Crippen molar-refractivity contribution in [2.75, 3.05) is 18.0 Å². The molecule has 36 heavy (non-hydrogen) atoms. The first-order chi connectivity index (χ1) is 17.3. The fourth-order valence-corrected chi connectivity index (χ4v) is 5.50. The molecule has 2 aliphatic heterocycles. The number of nitrogens with zero attached hydrogens (tertiary/aromatic N) is 2. The molecule has 4 nitrogen and oxygen atoms in total. The lowest BCUT2D eigenvalue weighted by Crippen LogP contribution is -2.43. The van der Waals surface area contributed by atoms with E-state index in [1.54, 1.807) is 6.07 Å². The van der Waals surface area contributed by atoms with E-state index in [9.17, 15) is 4.79 Å². The number of aryl methyl sites for hydroxylation is 1. The van der Waals surface area contributed by atoms with E-state index in [-0.39, 0.29) is 17.7 Å². The summed E-state index contributed by atoms with van der Waals surface area (Å²) in [4.78, 5) is 19.4. The lowest BCUT2D eigenvalue weighted by molar-refractivity contribution is -0.0211. The van der Waals surface area contributed by atoms with E-state index in [1.165, 1.54) is 0 Å². The van der Waals surface area contributed by atoms with Crippen LogP contribution in [0.3, 0.4) is 0 Å². The van der Waals surface area contributed by atoms with Gasteiger partial charge in [-0.1, -0.05) is 49.7 Å². The first kappa shape index (κ1) is 24.5. The smallest absolute Gasteiger partial charge is 0.339 e. The zero-order chi connectivity index (χ0) is 25.4. The number of benzene rings is 3. The Morgan fingerprint density at radius 1 is 1.14 bits per heavy atom. The normalized spacial score (nSPS) is 17.8. The van der Waals surface area contributed by atoms with Crippen molar-refractivity contribution in [3.63, 3.8) is 0 Å². The van der Waals surface area contributed by atoms with Crippen molar-refractivity contribution in [1.82, 2.24) is 0 Å². The molecule has 0 bridgehead atoms. The Kier molecular flexibility index (Phi) is 6.60. The molecule has 3 aromatic carbocycles. The molecule has 1 fully saturated rings. The number of hydrogen-bond donors (Lipinski definition) is 0. The monoisotopic (exact) mass is 504 g/mol. The first-order valence-corrected chi connectivity index (χ1v) is 12.9. The van der Waals surface area contributed by atoms with Gasteiger partial charge in [-0.15, -0.1) is 0 Å². The standard InChI is InChI=1S/C30H30ClFN2O2/c1-4-19(2)28(33-26-11-10-22(31)17-20(26)3)21-9-12-27(25(32)18-21)34-15-13-30(14-16-34)24-8-6-5-7-23(24)29(35)36-30/h5-12,17-19H,4,13-16H2,1-3H3. The molecule has 6 heteroatoms. The summed E-state index contributed by atoms with van der Waals surface area (Å²) >= 11 is 6.12. The van der Waals surface area contributed by atoms with E-state index in [0.717, 1.165) is 34.5 Å². The highest BCUT2D eigenvalue weighted by Crippen LogP contribution is 2.44. The van der Waals surface area contributed by atoms with Gasteiger partial charge in [-0.05, 0) is 66.8 Å². The molecule has 0 aromatic heterocycles. The van der Waals surface area contributed by atoms with Gasteiger partial charge >= 0.3 is 5.97 Å². The Hall–Kier alpha value is -3.18. The molecule has 0 N–H and O–H groups in total. The zero-order valence-corrected chi connectivity index (χ0v) is 21.6. The van der Waals surface area contributed by atoms with Gasteiger partial charge in [0.2, 0.25) is 0 Å². The van der Waals surface area contributed by atoms with E-state index in [0.29, 0.717) is 42.2 Å². The third kappa shape index (κ3) is 4.41. The van der Waals surface area contributed by atoms with Crippen molar-refractivity contribution < 1.29 is 13.9 Å². The van der Waals surface area contributed by atoms with Crippen molar-refractivity contribution in [3.8, 4) is 0 Å². The molecule has 1 unspecified atom stereocenters. The highest BCUT2D eigenvalue weighted by atomic mass is 35.5. The van der Waals surface area contributed by atoms with Crippen LogP contribution >= 0.6 is 11.6 Å². The molecule has 2 heterocycles. The van der Waals surface area contributed by atoms with Crippen LogP contribution in [0.4, 0.5) is 15.8 Å². The van der Waals surface area contributed by atoms with Gasteiger partial charge in [-0.25, -0.2) is 9.18 Å². The average molecular weight is 505 g/mol. The second kappa shape index (κ2) is 9.70. The molecule has 1 saturated heterocycles. The molecule has 2 aliphatic rings. The van der Waals surface area contributed by atoms with Crippen molar-refractivity contribution in [1.29, 1.82) is 0 Å². The molecular formula is C30H30ClFN2O2. The fourth-order valence-electron chi connectivity index (χ4n) is 5.28. The zero-order valence-electron chi connectivity index (χ0n) is 20.9. The Morgan fingerprint density at radius 2 is 1.89 bits per heavy atom. The number of piperidine rings is 1. The van der Waals surface area contributed by atoms with Gasteiger partial charge < -0.3 is 9.64 Å². The topological polar surface area (TPSA) is 41.9 Å². The van der Waals surface area contributed by atoms with Crippen LogP contribution in [-0.2, 0) is 10.3 Å². The maximum absolute atomic E-state index is 15.5. The van der Waals surface area contributed by atoms with Gasteiger partial charge in [0.15, 0.2) is 0 Å². The van der Waals surface area contributed by atoms with Gasteiger partial charge in [-0.3, -0.25) is 4.99 Å². The highest BCUT2D eigenvalue weighted by molar-refractivity contribution is 6.30. The van der Waals surface area contributed by atoms with Crippen LogP contribution in [0.25, 0.3) is 0 Å². The van der Waals surface area contributed by atoms with E-state index >= 15 is 4.39 Å². The summed E-state index contributed by atoms with van der Waals surface area (Å²) in [5.41, 5.74) is 5.04. The minimum Gasteiger partial charge on any atom is -0.450 e. The third-order valence-electron chi connectivity index (χ3n) is 7.56. The summed E-state index contributed by atoms with van der Waals surface area (Å²) in [6.45, 7) is 7.41. The predicted molar refractivity (Wildman–Crippen MR) is 143 cm³/mol. The predicted octanol–water partition coefficient (Wildman–Crippen LogP) is 7.62. The van der Waals surface area contributed by atoms with Crippen molar-refractivity contribution in [2.45, 2.75) is 45.6 Å². The Balaban J connectivity index is 1.39. The molecule has 5 rings (SSSR count). The average Bonchev–Trinajstić information content (AvgIpc) is 3.15. The second-order valence-electron chi connectivity index (χ2n) is 9.82. The van der Waals surface area contributed by atoms with Gasteiger partial charge in [0.25, 0.3) is 0 Å². The second-order valence-corrected chi connectivity index (χ2v) is 10.3. The quantitative estimate of drug-likeness (QED) is 0.265. The number of aliphatic imine (C=N–C) groups is 1. The summed E-state index contributed by atoms with van der Waals surface area (Å²) < 4.78 is 21.4. The molecule has 3 aromatic rings. The number of hydrogen-bond acceptors (Lipinski definition) is 4. The molecule has 0 aliphatic carbocycles. The van der Waals surface area contributed by atoms with Gasteiger partial charge in [0.1, 0.15) is 11.4 Å². The summed E-state index contributed by atoms with van der Waals surface area (Å²) in [6, 6.07) is 18.6. The molecule has 1 atom stereocenters. The first-order valence-electron chi connectivity index (χ1n) is 12.5. The number of esters is 1. The number of ether oxygens (including phenoxy) is 1. The molecule has 0 radical (unpaired) electrons. The highest BCUT2D eigenvalue weighted by Gasteiger charge is 2.47. The maximum Gasteiger partial charge on any atom is 0.339 e. The third-order valence-corrected chi connectivity index (χ3v) is 7.80. The van der Waals surface area contributed by atoms with Gasteiger partial charge in [0, 0.05) is 36.5 Å². The number of fused-ring (bicyclic) bond motifs is 2. The van der Waals surface area contributed by atoms with E-state index < -0.39 is 5.60 Å². The number of carbonyl (C=O) groups excluding carboxylic acids is 1. The number of rotatable bonds is 5.